The Labute approximate surface area is 196 Å². The fraction of sp³-hybridized carbons (Fsp3) is 0.480. The Morgan fingerprint density at radius 2 is 1.97 bits per heavy atom. The van der Waals surface area contributed by atoms with E-state index >= 15 is 0 Å². The van der Waals surface area contributed by atoms with E-state index in [1.807, 2.05) is 19.1 Å². The van der Waals surface area contributed by atoms with Gasteiger partial charge in [-0.15, -0.1) is 11.3 Å². The lowest BCUT2D eigenvalue weighted by molar-refractivity contribution is 0.103. The van der Waals surface area contributed by atoms with Crippen molar-refractivity contribution in [3.8, 4) is 11.5 Å². The first-order valence-electron chi connectivity index (χ1n) is 11.7. The average Bonchev–Trinajstić information content (AvgIpc) is 3.35. The number of hydrogen-bond donors (Lipinski definition) is 1. The predicted octanol–water partition coefficient (Wildman–Crippen LogP) is 5.08. The summed E-state index contributed by atoms with van der Waals surface area (Å²) in [5.41, 5.74) is 1.30. The summed E-state index contributed by atoms with van der Waals surface area (Å²) in [5, 5.41) is 3.54. The van der Waals surface area contributed by atoms with Gasteiger partial charge in [0.05, 0.1) is 23.5 Å². The van der Waals surface area contributed by atoms with Gasteiger partial charge in [-0.1, -0.05) is 6.42 Å². The maximum absolute atomic E-state index is 13.2. The number of methoxy groups -OCH3 is 1. The van der Waals surface area contributed by atoms with Crippen LogP contribution in [0.1, 0.15) is 66.0 Å². The van der Waals surface area contributed by atoms with E-state index in [4.69, 9.17) is 14.5 Å². The number of thiophene rings is 1. The molecule has 3 heterocycles. The molecule has 1 N–H and O–H groups in total. The Hall–Kier alpha value is -2.87. The van der Waals surface area contributed by atoms with Crippen LogP contribution in [0.25, 0.3) is 10.2 Å². The number of anilines is 1. The first-order chi connectivity index (χ1) is 16.0. The van der Waals surface area contributed by atoms with E-state index in [1.165, 1.54) is 24.2 Å². The molecule has 1 aliphatic heterocycles. The molecule has 7 nitrogen and oxygen atoms in total. The number of amides is 1. The minimum absolute atomic E-state index is 0.0265. The number of carbonyl (C=O) groups is 1. The van der Waals surface area contributed by atoms with Crippen LogP contribution in [-0.2, 0) is 13.0 Å². The number of nitrogens with zero attached hydrogens (tertiary/aromatic N) is 2. The lowest BCUT2D eigenvalue weighted by Crippen LogP contribution is -2.24. The number of rotatable bonds is 5. The third-order valence-electron chi connectivity index (χ3n) is 6.64. The zero-order chi connectivity index (χ0) is 22.9. The molecule has 1 aromatic carbocycles. The van der Waals surface area contributed by atoms with Gasteiger partial charge in [-0.05, 0) is 63.1 Å². The van der Waals surface area contributed by atoms with Crippen molar-refractivity contribution in [1.82, 2.24) is 9.55 Å². The summed E-state index contributed by atoms with van der Waals surface area (Å²) in [6, 6.07) is 5.42. The molecule has 2 aromatic heterocycles. The highest BCUT2D eigenvalue weighted by molar-refractivity contribution is 7.20. The quantitative estimate of drug-likeness (QED) is 0.566. The molecule has 174 valence electrons. The van der Waals surface area contributed by atoms with Crippen LogP contribution >= 0.6 is 11.3 Å². The van der Waals surface area contributed by atoms with Crippen molar-refractivity contribution in [2.45, 2.75) is 70.9 Å². The Kier molecular flexibility index (Phi) is 6.10. The Morgan fingerprint density at radius 1 is 1.15 bits per heavy atom. The van der Waals surface area contributed by atoms with Crippen molar-refractivity contribution in [2.24, 2.45) is 0 Å². The number of ether oxygens (including phenoxy) is 2. The summed E-state index contributed by atoms with van der Waals surface area (Å²) in [7, 11) is 1.61. The number of nitrogens with one attached hydrogen (secondary N) is 1. The average molecular weight is 468 g/mol. The van der Waals surface area contributed by atoms with Crippen molar-refractivity contribution < 1.29 is 14.3 Å². The van der Waals surface area contributed by atoms with E-state index in [0.29, 0.717) is 44.4 Å². The molecule has 8 heteroatoms. The molecule has 3 aromatic rings. The number of fused-ring (bicyclic) bond motifs is 2. The molecule has 1 aliphatic carbocycles. The monoisotopic (exact) mass is 467 g/mol. The minimum atomic E-state index is -0.243. The first-order valence-corrected chi connectivity index (χ1v) is 12.6. The van der Waals surface area contributed by atoms with Crippen LogP contribution in [0.3, 0.4) is 0 Å². The van der Waals surface area contributed by atoms with Gasteiger partial charge in [-0.3, -0.25) is 14.2 Å². The van der Waals surface area contributed by atoms with E-state index < -0.39 is 0 Å². The molecule has 1 saturated carbocycles. The summed E-state index contributed by atoms with van der Waals surface area (Å²) in [6.07, 6.45) is 8.54. The SMILES string of the molecule is COc1ccc(NC(=O)c2sc3nc4n(c(=O)c3c2C)CCCCC4)cc1OC1CCCC1. The Balaban J connectivity index is 1.44. The van der Waals surface area contributed by atoms with Gasteiger partial charge in [0.1, 0.15) is 10.7 Å². The molecule has 0 spiro atoms. The normalized spacial score (nSPS) is 16.4. The standard InChI is InChI=1S/C25H29N3O4S/c1-15-21-24(27-20-10-4-3-7-13-28(20)25(21)30)33-22(15)23(29)26-16-11-12-18(31-2)19(14-16)32-17-8-5-6-9-17/h11-12,14,17H,3-10,13H2,1-2H3,(H,26,29). The molecular weight excluding hydrogens is 438 g/mol. The highest BCUT2D eigenvalue weighted by atomic mass is 32.1. The summed E-state index contributed by atoms with van der Waals surface area (Å²) in [4.78, 5) is 32.3. The third-order valence-corrected chi connectivity index (χ3v) is 7.82. The van der Waals surface area contributed by atoms with Crippen LogP contribution < -0.4 is 20.3 Å². The fourth-order valence-corrected chi connectivity index (χ4v) is 5.93. The topological polar surface area (TPSA) is 82.5 Å². The second kappa shape index (κ2) is 9.17. The molecule has 0 atom stereocenters. The van der Waals surface area contributed by atoms with Crippen molar-refractivity contribution in [2.75, 3.05) is 12.4 Å². The highest BCUT2D eigenvalue weighted by Crippen LogP contribution is 2.35. The van der Waals surface area contributed by atoms with E-state index in [2.05, 4.69) is 5.32 Å². The summed E-state index contributed by atoms with van der Waals surface area (Å²) in [5.74, 6) is 1.88. The van der Waals surface area contributed by atoms with Gasteiger partial charge < -0.3 is 14.8 Å². The van der Waals surface area contributed by atoms with E-state index in [9.17, 15) is 9.59 Å². The summed E-state index contributed by atoms with van der Waals surface area (Å²) >= 11 is 1.29. The number of carbonyl (C=O) groups excluding carboxylic acids is 1. The number of aromatic nitrogens is 2. The lowest BCUT2D eigenvalue weighted by Gasteiger charge is -2.17. The summed E-state index contributed by atoms with van der Waals surface area (Å²) < 4.78 is 13.4. The second-order valence-electron chi connectivity index (χ2n) is 8.88. The molecule has 2 aliphatic rings. The summed E-state index contributed by atoms with van der Waals surface area (Å²) in [6.45, 7) is 2.53. The van der Waals surface area contributed by atoms with E-state index in [1.54, 1.807) is 17.7 Å². The van der Waals surface area contributed by atoms with Gasteiger partial charge in [-0.25, -0.2) is 4.98 Å². The van der Waals surface area contributed by atoms with Gasteiger partial charge in [0.2, 0.25) is 0 Å². The van der Waals surface area contributed by atoms with Gasteiger partial charge >= 0.3 is 0 Å². The molecule has 5 rings (SSSR count). The maximum atomic E-state index is 13.2. The van der Waals surface area contributed by atoms with Crippen LogP contribution in [0.2, 0.25) is 0 Å². The zero-order valence-electron chi connectivity index (χ0n) is 19.1. The van der Waals surface area contributed by atoms with Gasteiger partial charge in [0.15, 0.2) is 11.5 Å². The predicted molar refractivity (Wildman–Crippen MR) is 130 cm³/mol. The molecule has 0 radical (unpaired) electrons. The largest absolute Gasteiger partial charge is 0.493 e. The molecule has 0 bridgehead atoms. The third kappa shape index (κ3) is 4.24. The molecule has 33 heavy (non-hydrogen) atoms. The van der Waals surface area contributed by atoms with Crippen LogP contribution in [0.15, 0.2) is 23.0 Å². The Morgan fingerprint density at radius 3 is 2.76 bits per heavy atom. The second-order valence-corrected chi connectivity index (χ2v) is 9.87. The number of benzene rings is 1. The van der Waals surface area contributed by atoms with Crippen molar-refractivity contribution in [3.05, 3.63) is 44.8 Å². The van der Waals surface area contributed by atoms with Crippen molar-refractivity contribution in [3.63, 3.8) is 0 Å². The van der Waals surface area contributed by atoms with Crippen LogP contribution in [0.5, 0.6) is 11.5 Å². The van der Waals surface area contributed by atoms with Crippen molar-refractivity contribution in [1.29, 1.82) is 0 Å². The zero-order valence-corrected chi connectivity index (χ0v) is 19.9. The molecule has 0 unspecified atom stereocenters. The lowest BCUT2D eigenvalue weighted by atomic mass is 10.2. The molecular formula is C25H29N3O4S. The van der Waals surface area contributed by atoms with E-state index in [-0.39, 0.29) is 17.6 Å². The molecule has 1 fully saturated rings. The minimum Gasteiger partial charge on any atom is -0.493 e. The van der Waals surface area contributed by atoms with E-state index in [0.717, 1.165) is 44.3 Å². The number of aryl methyl sites for hydroxylation is 2. The van der Waals surface area contributed by atoms with Gasteiger partial charge in [0, 0.05) is 24.7 Å². The number of hydrogen-bond acceptors (Lipinski definition) is 6. The van der Waals surface area contributed by atoms with Gasteiger partial charge in [0.25, 0.3) is 11.5 Å². The van der Waals surface area contributed by atoms with Crippen LogP contribution in [-0.4, -0.2) is 28.7 Å². The first kappa shape index (κ1) is 21.9. The maximum Gasteiger partial charge on any atom is 0.266 e. The van der Waals surface area contributed by atoms with Crippen LogP contribution in [0.4, 0.5) is 5.69 Å². The van der Waals surface area contributed by atoms with Crippen molar-refractivity contribution >= 4 is 33.1 Å². The Bertz CT molecular complexity index is 1260. The highest BCUT2D eigenvalue weighted by Gasteiger charge is 2.23. The van der Waals surface area contributed by atoms with Crippen LogP contribution in [0, 0.1) is 6.92 Å². The van der Waals surface area contributed by atoms with Gasteiger partial charge in [-0.2, -0.15) is 0 Å². The molecule has 0 saturated heterocycles. The smallest absolute Gasteiger partial charge is 0.266 e. The fourth-order valence-electron chi connectivity index (χ4n) is 4.85. The molecule has 1 amide bonds.